The van der Waals surface area contributed by atoms with Crippen LogP contribution in [0, 0.1) is 11.7 Å². The molecule has 3 fully saturated rings. The van der Waals surface area contributed by atoms with E-state index < -0.39 is 28.9 Å². The predicted molar refractivity (Wildman–Crippen MR) is 123 cm³/mol. The molecular formula is C23H25ClFN3O6. The van der Waals surface area contributed by atoms with Crippen LogP contribution in [0.25, 0.3) is 10.9 Å². The smallest absolute Gasteiger partial charge is 0.411 e. The summed E-state index contributed by atoms with van der Waals surface area (Å²) >= 11 is 5.58. The number of aromatic nitrogens is 1. The normalized spacial score (nSPS) is 22.1. The van der Waals surface area contributed by atoms with E-state index in [0.29, 0.717) is 25.2 Å². The van der Waals surface area contributed by atoms with Crippen LogP contribution in [0.4, 0.5) is 14.9 Å². The number of pyridine rings is 1. The third kappa shape index (κ3) is 3.64. The van der Waals surface area contributed by atoms with Gasteiger partial charge < -0.3 is 28.9 Å². The van der Waals surface area contributed by atoms with E-state index in [1.165, 1.54) is 13.3 Å². The first-order valence-corrected chi connectivity index (χ1v) is 11.8. The molecule has 1 saturated carbocycles. The van der Waals surface area contributed by atoms with Gasteiger partial charge in [-0.1, -0.05) is 11.6 Å². The zero-order valence-corrected chi connectivity index (χ0v) is 19.4. The molecule has 2 atom stereocenters. The van der Waals surface area contributed by atoms with Crippen molar-refractivity contribution >= 4 is 40.3 Å². The van der Waals surface area contributed by atoms with E-state index in [-0.39, 0.29) is 40.9 Å². The highest BCUT2D eigenvalue weighted by molar-refractivity contribution is 6.17. The molecule has 34 heavy (non-hydrogen) atoms. The second-order valence-electron chi connectivity index (χ2n) is 9.04. The fraction of sp³-hybridized carbons (Fsp3) is 0.522. The molecule has 182 valence electrons. The van der Waals surface area contributed by atoms with Crippen LogP contribution in [0.5, 0.6) is 5.75 Å². The number of hydrogen-bond donors (Lipinski definition) is 1. The number of methoxy groups -OCH3 is 1. The van der Waals surface area contributed by atoms with Crippen molar-refractivity contribution in [2.75, 3.05) is 37.7 Å². The Labute approximate surface area is 199 Å². The van der Waals surface area contributed by atoms with Crippen molar-refractivity contribution in [3.63, 3.8) is 0 Å². The average Bonchev–Trinajstić information content (AvgIpc) is 3.56. The second-order valence-corrected chi connectivity index (χ2v) is 9.26. The van der Waals surface area contributed by atoms with Gasteiger partial charge in [0.05, 0.1) is 24.1 Å². The summed E-state index contributed by atoms with van der Waals surface area (Å²) < 4.78 is 28.0. The first-order chi connectivity index (χ1) is 16.3. The molecule has 0 spiro atoms. The van der Waals surface area contributed by atoms with E-state index in [4.69, 9.17) is 21.1 Å². The number of rotatable bonds is 5. The lowest BCUT2D eigenvalue weighted by atomic mass is 9.92. The van der Waals surface area contributed by atoms with E-state index in [0.717, 1.165) is 31.7 Å². The van der Waals surface area contributed by atoms with Gasteiger partial charge in [0, 0.05) is 31.9 Å². The van der Waals surface area contributed by atoms with Crippen molar-refractivity contribution in [3.05, 3.63) is 33.9 Å². The van der Waals surface area contributed by atoms with Crippen molar-refractivity contribution in [3.8, 4) is 5.75 Å². The first-order valence-electron chi connectivity index (χ1n) is 11.3. The topological polar surface area (TPSA) is 101 Å². The van der Waals surface area contributed by atoms with E-state index in [1.54, 1.807) is 9.47 Å². The molecule has 5 rings (SSSR count). The molecular weight excluding hydrogens is 469 g/mol. The van der Waals surface area contributed by atoms with Gasteiger partial charge in [0.2, 0.25) is 5.43 Å². The maximum absolute atomic E-state index is 15.6. The number of anilines is 1. The van der Waals surface area contributed by atoms with Crippen LogP contribution in [0.1, 0.15) is 42.1 Å². The standard InChI is InChI=1S/C23H25ClFN3O6/c1-33-21-18-14(20(29)15(22(30)31)9-28(18)13-4-5-13)7-16(25)19(21)26-8-12-3-2-6-27(17(12)10-26)23(32)34-11-24/h7,9,12-13,17H,2-6,8,10-11H2,1H3,(H,30,31). The minimum atomic E-state index is -1.35. The van der Waals surface area contributed by atoms with Crippen molar-refractivity contribution in [2.24, 2.45) is 5.92 Å². The fourth-order valence-electron chi connectivity index (χ4n) is 5.44. The molecule has 3 heterocycles. The SMILES string of the molecule is COc1c(N2CC3CCCN(C(=O)OCCl)C3C2)c(F)cc2c(=O)c(C(=O)O)cn(C3CC3)c12. The van der Waals surface area contributed by atoms with E-state index in [1.807, 2.05) is 4.90 Å². The number of hydrogen-bond acceptors (Lipinski definition) is 6. The molecule has 11 heteroatoms. The van der Waals surface area contributed by atoms with Crippen LogP contribution in [0.15, 0.2) is 17.1 Å². The predicted octanol–water partition coefficient (Wildman–Crippen LogP) is 3.42. The van der Waals surface area contributed by atoms with Crippen molar-refractivity contribution in [1.82, 2.24) is 9.47 Å². The van der Waals surface area contributed by atoms with Crippen LogP contribution < -0.4 is 15.1 Å². The lowest BCUT2D eigenvalue weighted by Crippen LogP contribution is -2.48. The Bertz CT molecular complexity index is 1230. The number of halogens is 2. The van der Waals surface area contributed by atoms with Gasteiger partial charge >= 0.3 is 12.1 Å². The number of amides is 1. The molecule has 2 unspecified atom stereocenters. The summed E-state index contributed by atoms with van der Waals surface area (Å²) in [6, 6.07) is 0.739. The summed E-state index contributed by atoms with van der Waals surface area (Å²) in [6.07, 6.45) is 4.21. The number of ether oxygens (including phenoxy) is 2. The summed E-state index contributed by atoms with van der Waals surface area (Å²) in [5.41, 5.74) is -0.529. The summed E-state index contributed by atoms with van der Waals surface area (Å²) in [4.78, 5) is 40.5. The van der Waals surface area contributed by atoms with Gasteiger partial charge in [-0.05, 0) is 37.7 Å². The number of benzene rings is 1. The zero-order valence-electron chi connectivity index (χ0n) is 18.6. The molecule has 1 N–H and O–H groups in total. The summed E-state index contributed by atoms with van der Waals surface area (Å²) in [6.45, 7) is 1.43. The molecule has 9 nitrogen and oxygen atoms in total. The number of aromatic carboxylic acids is 1. The van der Waals surface area contributed by atoms with Crippen molar-refractivity contribution < 1.29 is 28.6 Å². The number of carboxylic acids is 1. The maximum Gasteiger partial charge on any atom is 0.411 e. The number of nitrogens with zero attached hydrogens (tertiary/aromatic N) is 3. The van der Waals surface area contributed by atoms with Crippen LogP contribution >= 0.6 is 11.6 Å². The molecule has 2 saturated heterocycles. The lowest BCUT2D eigenvalue weighted by Gasteiger charge is -2.35. The minimum absolute atomic E-state index is 0.0196. The van der Waals surface area contributed by atoms with Crippen LogP contribution in [-0.2, 0) is 4.74 Å². The van der Waals surface area contributed by atoms with Gasteiger partial charge in [0.1, 0.15) is 11.3 Å². The number of carboxylic acid groups (broad SMARTS) is 1. The third-order valence-corrected chi connectivity index (χ3v) is 7.19. The number of piperidine rings is 1. The quantitative estimate of drug-likeness (QED) is 0.637. The molecule has 0 radical (unpaired) electrons. The number of carbonyl (C=O) groups excluding carboxylic acids is 1. The highest BCUT2D eigenvalue weighted by Gasteiger charge is 2.43. The Hall–Kier alpha value is -3.01. The second kappa shape index (κ2) is 8.65. The molecule has 1 aromatic carbocycles. The Morgan fingerprint density at radius 1 is 1.26 bits per heavy atom. The molecule has 2 aromatic rings. The molecule has 1 amide bonds. The largest absolute Gasteiger partial charge is 0.492 e. The highest BCUT2D eigenvalue weighted by atomic mass is 35.5. The van der Waals surface area contributed by atoms with E-state index in [2.05, 4.69) is 0 Å². The first kappa shape index (κ1) is 22.8. The Morgan fingerprint density at radius 2 is 2.03 bits per heavy atom. The number of likely N-dealkylation sites (tertiary alicyclic amines) is 1. The highest BCUT2D eigenvalue weighted by Crippen LogP contribution is 2.45. The number of carbonyl (C=O) groups is 2. The zero-order chi connectivity index (χ0) is 24.1. The van der Waals surface area contributed by atoms with Crippen LogP contribution in [-0.4, -0.2) is 65.5 Å². The van der Waals surface area contributed by atoms with Crippen molar-refractivity contribution in [1.29, 1.82) is 0 Å². The van der Waals surface area contributed by atoms with Crippen LogP contribution in [0.2, 0.25) is 0 Å². The van der Waals surface area contributed by atoms with E-state index in [9.17, 15) is 19.5 Å². The van der Waals surface area contributed by atoms with Crippen LogP contribution in [0.3, 0.4) is 0 Å². The van der Waals surface area contributed by atoms with Gasteiger partial charge in [-0.2, -0.15) is 0 Å². The molecule has 1 aromatic heterocycles. The maximum atomic E-state index is 15.6. The minimum Gasteiger partial charge on any atom is -0.492 e. The summed E-state index contributed by atoms with van der Waals surface area (Å²) in [5, 5.41) is 9.48. The third-order valence-electron chi connectivity index (χ3n) is 7.08. The summed E-state index contributed by atoms with van der Waals surface area (Å²) in [7, 11) is 1.41. The van der Waals surface area contributed by atoms with Gasteiger partial charge in [-0.15, -0.1) is 0 Å². The monoisotopic (exact) mass is 493 g/mol. The molecule has 0 bridgehead atoms. The van der Waals surface area contributed by atoms with Gasteiger partial charge in [-0.3, -0.25) is 4.79 Å². The Kier molecular flexibility index (Phi) is 5.79. The van der Waals surface area contributed by atoms with Crippen molar-refractivity contribution in [2.45, 2.75) is 37.8 Å². The number of alkyl halides is 1. The Morgan fingerprint density at radius 3 is 2.68 bits per heavy atom. The molecule has 1 aliphatic carbocycles. The number of fused-ring (bicyclic) bond motifs is 2. The van der Waals surface area contributed by atoms with Gasteiger partial charge in [-0.25, -0.2) is 14.0 Å². The average molecular weight is 494 g/mol. The van der Waals surface area contributed by atoms with E-state index >= 15 is 4.39 Å². The molecule has 2 aliphatic heterocycles. The molecule has 3 aliphatic rings. The van der Waals surface area contributed by atoms with Gasteiger partial charge in [0.15, 0.2) is 17.6 Å². The fourth-order valence-corrected chi connectivity index (χ4v) is 5.54. The van der Waals surface area contributed by atoms with Gasteiger partial charge in [0.25, 0.3) is 0 Å². The lowest BCUT2D eigenvalue weighted by molar-refractivity contribution is 0.0694. The Balaban J connectivity index is 1.62. The summed E-state index contributed by atoms with van der Waals surface area (Å²) in [5.74, 6) is -1.70.